The van der Waals surface area contributed by atoms with Crippen LogP contribution in [0.4, 0.5) is 0 Å². The highest BCUT2D eigenvalue weighted by Crippen LogP contribution is 2.40. The van der Waals surface area contributed by atoms with Gasteiger partial charge in [-0.25, -0.2) is 0 Å². The monoisotopic (exact) mass is 323 g/mol. The van der Waals surface area contributed by atoms with Crippen molar-refractivity contribution in [2.45, 2.75) is 76.5 Å². The average molecular weight is 323 g/mol. The summed E-state index contributed by atoms with van der Waals surface area (Å²) in [5.41, 5.74) is 0.387. The summed E-state index contributed by atoms with van der Waals surface area (Å²) in [5.74, 6) is 0.939. The lowest BCUT2D eigenvalue weighted by molar-refractivity contribution is 0.0989. The molecular weight excluding hydrogens is 290 g/mol. The topological polar surface area (TPSA) is 54.9 Å². The molecular formula is C18H33N3O2. The normalized spacial score (nSPS) is 32.4. The zero-order valence-electron chi connectivity index (χ0n) is 14.8. The molecule has 5 heteroatoms. The molecule has 3 unspecified atom stereocenters. The number of fused-ring (bicyclic) bond motifs is 2. The first-order valence-electron chi connectivity index (χ1n) is 9.45. The van der Waals surface area contributed by atoms with Gasteiger partial charge in [0, 0.05) is 26.8 Å². The van der Waals surface area contributed by atoms with E-state index in [9.17, 15) is 0 Å². The van der Waals surface area contributed by atoms with E-state index < -0.39 is 0 Å². The van der Waals surface area contributed by atoms with Crippen molar-refractivity contribution >= 4 is 5.96 Å². The van der Waals surface area contributed by atoms with E-state index in [1.54, 1.807) is 0 Å². The lowest BCUT2D eigenvalue weighted by atomic mass is 9.83. The van der Waals surface area contributed by atoms with Gasteiger partial charge in [0.25, 0.3) is 0 Å². The van der Waals surface area contributed by atoms with Crippen LogP contribution in [-0.4, -0.2) is 51.0 Å². The maximum absolute atomic E-state index is 5.93. The molecule has 3 rings (SSSR count). The van der Waals surface area contributed by atoms with Gasteiger partial charge < -0.3 is 20.1 Å². The highest BCUT2D eigenvalue weighted by Gasteiger charge is 2.41. The Hall–Kier alpha value is -0.810. The largest absolute Gasteiger partial charge is 0.382 e. The molecule has 3 fully saturated rings. The van der Waals surface area contributed by atoms with Crippen LogP contribution in [-0.2, 0) is 9.47 Å². The Balaban J connectivity index is 1.48. The first-order chi connectivity index (χ1) is 11.2. The van der Waals surface area contributed by atoms with Crippen molar-refractivity contribution in [3.63, 3.8) is 0 Å². The molecule has 0 spiro atoms. The first-order valence-corrected chi connectivity index (χ1v) is 9.45. The third-order valence-electron chi connectivity index (χ3n) is 5.93. The highest BCUT2D eigenvalue weighted by molar-refractivity contribution is 5.80. The minimum Gasteiger partial charge on any atom is -0.382 e. The van der Waals surface area contributed by atoms with E-state index in [2.05, 4.69) is 22.5 Å². The quantitative estimate of drug-likeness (QED) is 0.429. The second-order valence-corrected chi connectivity index (χ2v) is 7.44. The molecule has 2 bridgehead atoms. The third-order valence-corrected chi connectivity index (χ3v) is 5.93. The molecule has 2 N–H and O–H groups in total. The second kappa shape index (κ2) is 7.84. The first kappa shape index (κ1) is 17.0. The fourth-order valence-corrected chi connectivity index (χ4v) is 4.50. The molecule has 3 atom stereocenters. The number of ether oxygens (including phenoxy) is 2. The fraction of sp³-hybridized carbons (Fsp3) is 0.944. The molecule has 2 heterocycles. The Kier molecular flexibility index (Phi) is 5.81. The molecule has 1 saturated carbocycles. The van der Waals surface area contributed by atoms with E-state index in [1.165, 1.54) is 38.5 Å². The molecule has 0 aromatic heterocycles. The summed E-state index contributed by atoms with van der Waals surface area (Å²) in [7, 11) is 1.87. The number of hydrogen-bond donors (Lipinski definition) is 2. The molecule has 2 aliphatic heterocycles. The van der Waals surface area contributed by atoms with Crippen LogP contribution in [0.2, 0.25) is 0 Å². The van der Waals surface area contributed by atoms with Crippen molar-refractivity contribution in [1.82, 2.24) is 10.6 Å². The van der Waals surface area contributed by atoms with Crippen LogP contribution in [0, 0.1) is 5.41 Å². The SMILES string of the molecule is CCOCCC1(CNC(=NC)NC2CC3CCC2O3)CCCC1. The average Bonchev–Trinajstić information content (AvgIpc) is 3.29. The zero-order valence-corrected chi connectivity index (χ0v) is 14.8. The molecule has 3 aliphatic rings. The number of guanidine groups is 1. The van der Waals surface area contributed by atoms with Crippen molar-refractivity contribution in [3.05, 3.63) is 0 Å². The molecule has 132 valence electrons. The summed E-state index contributed by atoms with van der Waals surface area (Å²) in [4.78, 5) is 4.43. The van der Waals surface area contributed by atoms with E-state index in [0.29, 0.717) is 23.7 Å². The van der Waals surface area contributed by atoms with Crippen LogP contribution in [0.15, 0.2) is 4.99 Å². The van der Waals surface area contributed by atoms with Crippen LogP contribution in [0.5, 0.6) is 0 Å². The third kappa shape index (κ3) is 4.18. The molecule has 0 aromatic rings. The van der Waals surface area contributed by atoms with Crippen molar-refractivity contribution < 1.29 is 9.47 Å². The Labute approximate surface area is 140 Å². The molecule has 0 radical (unpaired) electrons. The van der Waals surface area contributed by atoms with Crippen molar-refractivity contribution in [1.29, 1.82) is 0 Å². The maximum Gasteiger partial charge on any atom is 0.191 e. The van der Waals surface area contributed by atoms with Crippen LogP contribution in [0.25, 0.3) is 0 Å². The van der Waals surface area contributed by atoms with Gasteiger partial charge in [-0.15, -0.1) is 0 Å². The van der Waals surface area contributed by atoms with Crippen LogP contribution in [0.1, 0.15) is 58.3 Å². The molecule has 1 aliphatic carbocycles. The minimum absolute atomic E-state index is 0.386. The minimum atomic E-state index is 0.386. The van der Waals surface area contributed by atoms with Gasteiger partial charge in [-0.1, -0.05) is 12.8 Å². The van der Waals surface area contributed by atoms with Gasteiger partial charge in [-0.05, 0) is 50.9 Å². The number of rotatable bonds is 7. The van der Waals surface area contributed by atoms with Gasteiger partial charge in [0.1, 0.15) is 0 Å². The maximum atomic E-state index is 5.93. The molecule has 23 heavy (non-hydrogen) atoms. The summed E-state index contributed by atoms with van der Waals surface area (Å²) in [5, 5.41) is 7.18. The molecule has 2 saturated heterocycles. The van der Waals surface area contributed by atoms with Crippen LogP contribution in [0.3, 0.4) is 0 Å². The number of nitrogens with zero attached hydrogens (tertiary/aromatic N) is 1. The van der Waals surface area contributed by atoms with Crippen LogP contribution >= 0.6 is 0 Å². The number of nitrogens with one attached hydrogen (secondary N) is 2. The van der Waals surface area contributed by atoms with Gasteiger partial charge in [0.05, 0.1) is 18.2 Å². The standard InChI is InChI=1S/C18H33N3O2/c1-3-22-11-10-18(8-4-5-9-18)13-20-17(19-2)21-15-12-14-6-7-16(15)23-14/h14-16H,3-13H2,1-2H3,(H2,19,20,21). The summed E-state index contributed by atoms with van der Waals surface area (Å²) >= 11 is 0. The lowest BCUT2D eigenvalue weighted by Crippen LogP contribution is -2.49. The Bertz CT molecular complexity index is 407. The van der Waals surface area contributed by atoms with Crippen molar-refractivity contribution in [2.24, 2.45) is 10.4 Å². The predicted molar refractivity (Wildman–Crippen MR) is 92.8 cm³/mol. The lowest BCUT2D eigenvalue weighted by Gasteiger charge is -2.31. The van der Waals surface area contributed by atoms with E-state index in [-0.39, 0.29) is 0 Å². The molecule has 0 amide bonds. The Morgan fingerprint density at radius 1 is 1.30 bits per heavy atom. The Morgan fingerprint density at radius 3 is 2.74 bits per heavy atom. The van der Waals surface area contributed by atoms with Crippen LogP contribution < -0.4 is 10.6 Å². The summed E-state index contributed by atoms with van der Waals surface area (Å²) in [6.45, 7) is 4.77. The number of aliphatic imine (C=N–C) groups is 1. The van der Waals surface area contributed by atoms with Gasteiger partial charge in [0.2, 0.25) is 0 Å². The predicted octanol–water partition coefficient (Wildman–Crippen LogP) is 2.46. The highest BCUT2D eigenvalue weighted by atomic mass is 16.5. The Morgan fingerprint density at radius 2 is 2.13 bits per heavy atom. The van der Waals surface area contributed by atoms with Crippen molar-refractivity contribution in [2.75, 3.05) is 26.8 Å². The smallest absolute Gasteiger partial charge is 0.191 e. The van der Waals surface area contributed by atoms with E-state index >= 15 is 0 Å². The van der Waals surface area contributed by atoms with E-state index in [0.717, 1.165) is 38.6 Å². The van der Waals surface area contributed by atoms with Crippen molar-refractivity contribution in [3.8, 4) is 0 Å². The summed E-state index contributed by atoms with van der Waals surface area (Å²) in [6.07, 6.45) is 10.9. The fourth-order valence-electron chi connectivity index (χ4n) is 4.50. The van der Waals surface area contributed by atoms with Gasteiger partial charge in [0.15, 0.2) is 5.96 Å². The molecule has 0 aromatic carbocycles. The zero-order chi connectivity index (χ0) is 16.1. The summed E-state index contributed by atoms with van der Waals surface area (Å²) in [6, 6.07) is 0.433. The molecule has 5 nitrogen and oxygen atoms in total. The van der Waals surface area contributed by atoms with E-state index in [4.69, 9.17) is 9.47 Å². The van der Waals surface area contributed by atoms with Gasteiger partial charge in [-0.2, -0.15) is 0 Å². The second-order valence-electron chi connectivity index (χ2n) is 7.44. The number of hydrogen-bond acceptors (Lipinski definition) is 3. The summed E-state index contributed by atoms with van der Waals surface area (Å²) < 4.78 is 11.5. The van der Waals surface area contributed by atoms with Gasteiger partial charge in [-0.3, -0.25) is 4.99 Å². The van der Waals surface area contributed by atoms with E-state index in [1.807, 2.05) is 7.05 Å². The van der Waals surface area contributed by atoms with Gasteiger partial charge >= 0.3 is 0 Å².